The van der Waals surface area contributed by atoms with E-state index >= 15 is 0 Å². The van der Waals surface area contributed by atoms with E-state index in [2.05, 4.69) is 34.1 Å². The molecule has 19 heavy (non-hydrogen) atoms. The van der Waals surface area contributed by atoms with Gasteiger partial charge >= 0.3 is 0 Å². The number of carbonyl (C=O) groups is 1. The number of thiazole rings is 1. The van der Waals surface area contributed by atoms with E-state index in [0.29, 0.717) is 10.0 Å². The maximum Gasteiger partial charge on any atom is 0.187 e. The molecule has 0 unspecified atom stereocenters. The van der Waals surface area contributed by atoms with E-state index in [9.17, 15) is 4.79 Å². The Kier molecular flexibility index (Phi) is 3.53. The lowest BCUT2D eigenvalue weighted by Crippen LogP contribution is -2.22. The maximum absolute atomic E-state index is 10.9. The summed E-state index contributed by atoms with van der Waals surface area (Å²) in [6.45, 7) is 1.77. The van der Waals surface area contributed by atoms with Crippen molar-refractivity contribution in [2.75, 3.05) is 11.4 Å². The van der Waals surface area contributed by atoms with Crippen LogP contribution in [-0.4, -0.2) is 17.8 Å². The van der Waals surface area contributed by atoms with Crippen molar-refractivity contribution in [2.24, 2.45) is 0 Å². The van der Waals surface area contributed by atoms with Gasteiger partial charge in [0, 0.05) is 13.1 Å². The predicted octanol–water partition coefficient (Wildman–Crippen LogP) is 3.56. The molecule has 0 radical (unpaired) electrons. The average Bonchev–Trinajstić information content (AvgIpc) is 2.68. The normalized spacial score (nSPS) is 14.9. The molecule has 3 nitrogen and oxygen atoms in total. The largest absolute Gasteiger partial charge is 0.344 e. The third kappa shape index (κ3) is 2.51. The fraction of sp³-hybridized carbons (Fsp3) is 0.286. The first-order valence-electron chi connectivity index (χ1n) is 6.21. The number of hydrogen-bond donors (Lipinski definition) is 0. The number of halogens is 1. The Labute approximate surface area is 120 Å². The number of nitrogens with zero attached hydrogens (tertiary/aromatic N) is 2. The molecule has 0 spiro atoms. The van der Waals surface area contributed by atoms with E-state index in [4.69, 9.17) is 11.6 Å². The second-order valence-corrected chi connectivity index (χ2v) is 5.93. The van der Waals surface area contributed by atoms with Gasteiger partial charge in [-0.25, -0.2) is 4.98 Å². The highest BCUT2D eigenvalue weighted by molar-refractivity contribution is 7.17. The molecule has 0 bridgehead atoms. The van der Waals surface area contributed by atoms with Crippen LogP contribution in [0.2, 0.25) is 5.15 Å². The molecule has 1 aliphatic heterocycles. The van der Waals surface area contributed by atoms with Crippen LogP contribution in [0.4, 0.5) is 5.13 Å². The minimum absolute atomic E-state index is 0.313. The summed E-state index contributed by atoms with van der Waals surface area (Å²) in [6.07, 6.45) is 2.95. The molecule has 3 rings (SSSR count). The summed E-state index contributed by atoms with van der Waals surface area (Å²) in [6, 6.07) is 8.49. The second-order valence-electron chi connectivity index (χ2n) is 4.56. The molecule has 0 aliphatic carbocycles. The average molecular weight is 293 g/mol. The van der Waals surface area contributed by atoms with Gasteiger partial charge in [0.15, 0.2) is 16.6 Å². The lowest BCUT2D eigenvalue weighted by molar-refractivity contribution is 0.112. The third-order valence-corrected chi connectivity index (χ3v) is 4.77. The molecule has 1 aliphatic rings. The van der Waals surface area contributed by atoms with Crippen LogP contribution < -0.4 is 4.90 Å². The highest BCUT2D eigenvalue weighted by atomic mass is 35.5. The highest BCUT2D eigenvalue weighted by Gasteiger charge is 2.18. The summed E-state index contributed by atoms with van der Waals surface area (Å²) >= 11 is 7.31. The molecule has 0 N–H and O–H groups in total. The summed E-state index contributed by atoms with van der Waals surface area (Å²) < 4.78 is 0. The number of benzene rings is 1. The summed E-state index contributed by atoms with van der Waals surface area (Å²) in [5, 5.41) is 1.15. The van der Waals surface area contributed by atoms with Crippen LogP contribution in [-0.2, 0) is 13.0 Å². The number of anilines is 1. The number of fused-ring (bicyclic) bond motifs is 1. The number of aryl methyl sites for hydroxylation is 1. The lowest BCUT2D eigenvalue weighted by atomic mass is 10.0. The number of carbonyl (C=O) groups excluding carboxylic acids is 1. The van der Waals surface area contributed by atoms with Crippen molar-refractivity contribution in [3.05, 3.63) is 45.4 Å². The maximum atomic E-state index is 10.9. The van der Waals surface area contributed by atoms with Crippen LogP contribution in [0.5, 0.6) is 0 Å². The minimum atomic E-state index is 0.313. The quantitative estimate of drug-likeness (QED) is 0.794. The summed E-state index contributed by atoms with van der Waals surface area (Å²) in [7, 11) is 0. The Morgan fingerprint density at radius 2 is 2.11 bits per heavy atom. The van der Waals surface area contributed by atoms with Gasteiger partial charge in [-0.05, 0) is 24.0 Å². The first-order chi connectivity index (χ1) is 9.28. The third-order valence-electron chi connectivity index (χ3n) is 3.33. The van der Waals surface area contributed by atoms with E-state index in [1.807, 2.05) is 0 Å². The van der Waals surface area contributed by atoms with E-state index in [1.165, 1.54) is 22.5 Å². The molecular weight excluding hydrogens is 280 g/mol. The Bertz CT molecular complexity index is 611. The fourth-order valence-corrected chi connectivity index (χ4v) is 3.46. The Morgan fingerprint density at radius 3 is 2.84 bits per heavy atom. The monoisotopic (exact) mass is 292 g/mol. The zero-order valence-electron chi connectivity index (χ0n) is 10.3. The van der Waals surface area contributed by atoms with Crippen molar-refractivity contribution < 1.29 is 4.79 Å². The van der Waals surface area contributed by atoms with Gasteiger partial charge in [-0.1, -0.05) is 47.2 Å². The zero-order chi connectivity index (χ0) is 13.2. The molecule has 5 heteroatoms. The molecular formula is C14H13ClN2OS. The Morgan fingerprint density at radius 1 is 1.32 bits per heavy atom. The Balaban J connectivity index is 1.91. The van der Waals surface area contributed by atoms with Crippen LogP contribution >= 0.6 is 22.9 Å². The van der Waals surface area contributed by atoms with Crippen molar-refractivity contribution in [2.45, 2.75) is 19.4 Å². The van der Waals surface area contributed by atoms with E-state index in [0.717, 1.165) is 37.3 Å². The van der Waals surface area contributed by atoms with Gasteiger partial charge in [0.2, 0.25) is 0 Å². The first kappa shape index (κ1) is 12.6. The number of rotatable bonds is 2. The van der Waals surface area contributed by atoms with Crippen molar-refractivity contribution in [3.63, 3.8) is 0 Å². The summed E-state index contributed by atoms with van der Waals surface area (Å²) in [5.41, 5.74) is 2.74. The standard InChI is InChI=1S/C14H13ClN2OS/c15-13-12(9-18)19-14(16-13)17-7-3-6-10-4-1-2-5-11(10)8-17/h1-2,4-5,9H,3,6-8H2. The summed E-state index contributed by atoms with van der Waals surface area (Å²) in [4.78, 5) is 17.9. The molecule has 1 aromatic carbocycles. The lowest BCUT2D eigenvalue weighted by Gasteiger charge is -2.19. The van der Waals surface area contributed by atoms with Crippen molar-refractivity contribution in [1.82, 2.24) is 4.98 Å². The highest BCUT2D eigenvalue weighted by Crippen LogP contribution is 2.31. The van der Waals surface area contributed by atoms with Gasteiger partial charge in [-0.3, -0.25) is 4.79 Å². The predicted molar refractivity (Wildman–Crippen MR) is 78.3 cm³/mol. The van der Waals surface area contributed by atoms with E-state index in [1.54, 1.807) is 0 Å². The SMILES string of the molecule is O=Cc1sc(N2CCCc3ccccc3C2)nc1Cl. The van der Waals surface area contributed by atoms with Crippen LogP contribution in [0.25, 0.3) is 0 Å². The second kappa shape index (κ2) is 5.31. The minimum Gasteiger partial charge on any atom is -0.344 e. The van der Waals surface area contributed by atoms with Gasteiger partial charge in [0.05, 0.1) is 0 Å². The van der Waals surface area contributed by atoms with E-state index < -0.39 is 0 Å². The molecule has 1 aromatic heterocycles. The van der Waals surface area contributed by atoms with Gasteiger partial charge in [-0.15, -0.1) is 0 Å². The zero-order valence-corrected chi connectivity index (χ0v) is 11.9. The van der Waals surface area contributed by atoms with Gasteiger partial charge in [-0.2, -0.15) is 0 Å². The summed E-state index contributed by atoms with van der Waals surface area (Å²) in [5.74, 6) is 0. The van der Waals surface area contributed by atoms with Crippen LogP contribution in [0.15, 0.2) is 24.3 Å². The molecule has 2 heterocycles. The van der Waals surface area contributed by atoms with Crippen LogP contribution in [0, 0.1) is 0 Å². The molecule has 98 valence electrons. The first-order valence-corrected chi connectivity index (χ1v) is 7.40. The number of aldehydes is 1. The Hall–Kier alpha value is -1.39. The molecule has 0 saturated heterocycles. The van der Waals surface area contributed by atoms with Gasteiger partial charge < -0.3 is 4.90 Å². The van der Waals surface area contributed by atoms with Gasteiger partial charge in [0.1, 0.15) is 4.88 Å². The van der Waals surface area contributed by atoms with Crippen LogP contribution in [0.1, 0.15) is 27.2 Å². The topological polar surface area (TPSA) is 33.2 Å². The smallest absolute Gasteiger partial charge is 0.187 e. The van der Waals surface area contributed by atoms with Crippen molar-refractivity contribution >= 4 is 34.4 Å². The molecule has 0 fully saturated rings. The molecule has 0 atom stereocenters. The number of aromatic nitrogens is 1. The van der Waals surface area contributed by atoms with Gasteiger partial charge in [0.25, 0.3) is 0 Å². The fourth-order valence-electron chi connectivity index (χ4n) is 2.37. The molecule has 0 saturated carbocycles. The van der Waals surface area contributed by atoms with Crippen molar-refractivity contribution in [1.29, 1.82) is 0 Å². The van der Waals surface area contributed by atoms with Crippen molar-refractivity contribution in [3.8, 4) is 0 Å². The van der Waals surface area contributed by atoms with E-state index in [-0.39, 0.29) is 0 Å². The molecule has 2 aromatic rings. The number of hydrogen-bond acceptors (Lipinski definition) is 4. The van der Waals surface area contributed by atoms with Crippen LogP contribution in [0.3, 0.4) is 0 Å². The molecule has 0 amide bonds.